The Labute approximate surface area is 83.8 Å². The van der Waals surface area contributed by atoms with Gasteiger partial charge in [0.2, 0.25) is 0 Å². The molecular weight excluding hydrogens is 181 g/mol. The molecule has 2 nitrogen and oxygen atoms in total. The number of rotatable bonds is 5. The molecule has 1 atom stereocenters. The first-order chi connectivity index (χ1) is 6.72. The number of aliphatic hydroxyl groups is 1. The molecular formula is C11H16FNO. The Morgan fingerprint density at radius 3 is 2.86 bits per heavy atom. The number of nitrogens with zero attached hydrogens (tertiary/aromatic N) is 1. The van der Waals surface area contributed by atoms with Crippen LogP contribution < -0.4 is 0 Å². The van der Waals surface area contributed by atoms with Gasteiger partial charge in [0.05, 0.1) is 12.3 Å². The van der Waals surface area contributed by atoms with Gasteiger partial charge in [0.15, 0.2) is 0 Å². The van der Waals surface area contributed by atoms with Crippen molar-refractivity contribution in [2.75, 3.05) is 0 Å². The molecule has 1 heterocycles. The summed E-state index contributed by atoms with van der Waals surface area (Å²) in [5, 5.41) is 9.47. The Bertz CT molecular complexity index is 278. The minimum absolute atomic E-state index is 0.275. The molecule has 0 radical (unpaired) electrons. The van der Waals surface area contributed by atoms with Crippen LogP contribution in [-0.2, 0) is 6.42 Å². The zero-order valence-corrected chi connectivity index (χ0v) is 8.41. The Morgan fingerprint density at radius 2 is 2.21 bits per heavy atom. The fourth-order valence-electron chi connectivity index (χ4n) is 1.40. The molecule has 0 fully saturated rings. The Hall–Kier alpha value is -0.960. The van der Waals surface area contributed by atoms with Gasteiger partial charge in [0, 0.05) is 6.20 Å². The first-order valence-corrected chi connectivity index (χ1v) is 5.00. The molecule has 0 aliphatic heterocycles. The van der Waals surface area contributed by atoms with Crippen LogP contribution in [0.4, 0.5) is 4.39 Å². The van der Waals surface area contributed by atoms with Crippen molar-refractivity contribution in [2.24, 2.45) is 0 Å². The van der Waals surface area contributed by atoms with Crippen LogP contribution in [0.3, 0.4) is 0 Å². The number of hydrogen-bond acceptors (Lipinski definition) is 2. The van der Waals surface area contributed by atoms with E-state index in [-0.39, 0.29) is 11.9 Å². The summed E-state index contributed by atoms with van der Waals surface area (Å²) < 4.78 is 12.7. The molecule has 1 aromatic rings. The first kappa shape index (κ1) is 11.1. The molecule has 3 heteroatoms. The third-order valence-electron chi connectivity index (χ3n) is 2.15. The van der Waals surface area contributed by atoms with E-state index in [2.05, 4.69) is 4.98 Å². The highest BCUT2D eigenvalue weighted by Gasteiger charge is 2.03. The maximum Gasteiger partial charge on any atom is 0.141 e. The van der Waals surface area contributed by atoms with E-state index in [1.807, 2.05) is 6.92 Å². The van der Waals surface area contributed by atoms with Crippen LogP contribution >= 0.6 is 0 Å². The van der Waals surface area contributed by atoms with Crippen molar-refractivity contribution in [3.63, 3.8) is 0 Å². The molecule has 1 unspecified atom stereocenters. The highest BCUT2D eigenvalue weighted by Crippen LogP contribution is 2.08. The summed E-state index contributed by atoms with van der Waals surface area (Å²) in [5.74, 6) is -0.313. The van der Waals surface area contributed by atoms with Crippen molar-refractivity contribution < 1.29 is 9.50 Å². The third kappa shape index (κ3) is 3.83. The SMILES string of the molecule is CCCC(O)CCc1cncc(F)c1. The topological polar surface area (TPSA) is 33.1 Å². The highest BCUT2D eigenvalue weighted by molar-refractivity contribution is 5.10. The number of hydrogen-bond donors (Lipinski definition) is 1. The second kappa shape index (κ2) is 5.70. The van der Waals surface area contributed by atoms with E-state index in [4.69, 9.17) is 0 Å². The van der Waals surface area contributed by atoms with E-state index in [0.717, 1.165) is 18.4 Å². The Balaban J connectivity index is 2.37. The summed E-state index contributed by atoms with van der Waals surface area (Å²) in [6, 6.07) is 1.46. The molecule has 0 aliphatic rings. The number of pyridine rings is 1. The summed E-state index contributed by atoms with van der Waals surface area (Å²) in [6.45, 7) is 2.03. The summed E-state index contributed by atoms with van der Waals surface area (Å²) in [5.41, 5.74) is 0.847. The molecule has 0 aromatic carbocycles. The van der Waals surface area contributed by atoms with Crippen LogP contribution in [0.25, 0.3) is 0 Å². The molecule has 1 rings (SSSR count). The van der Waals surface area contributed by atoms with Gasteiger partial charge in [-0.2, -0.15) is 0 Å². The average molecular weight is 197 g/mol. The molecule has 78 valence electrons. The maximum atomic E-state index is 12.7. The predicted molar refractivity (Wildman–Crippen MR) is 53.4 cm³/mol. The van der Waals surface area contributed by atoms with Gasteiger partial charge in [-0.1, -0.05) is 13.3 Å². The molecule has 1 aromatic heterocycles. The Morgan fingerprint density at radius 1 is 1.43 bits per heavy atom. The largest absolute Gasteiger partial charge is 0.393 e. The first-order valence-electron chi connectivity index (χ1n) is 5.00. The van der Waals surface area contributed by atoms with E-state index in [9.17, 15) is 9.50 Å². The zero-order chi connectivity index (χ0) is 10.4. The van der Waals surface area contributed by atoms with Crippen LogP contribution in [0, 0.1) is 5.82 Å². The molecule has 1 N–H and O–H groups in total. The van der Waals surface area contributed by atoms with Crippen LogP contribution in [0.1, 0.15) is 31.7 Å². The minimum atomic E-state index is -0.313. The van der Waals surface area contributed by atoms with Gasteiger partial charge in [-0.3, -0.25) is 4.98 Å². The van der Waals surface area contributed by atoms with Gasteiger partial charge in [-0.05, 0) is 30.9 Å². The molecule has 0 bridgehead atoms. The Kier molecular flexibility index (Phi) is 4.53. The molecule has 0 saturated heterocycles. The fraction of sp³-hybridized carbons (Fsp3) is 0.545. The van der Waals surface area contributed by atoms with Gasteiger partial charge in [-0.15, -0.1) is 0 Å². The highest BCUT2D eigenvalue weighted by atomic mass is 19.1. The monoisotopic (exact) mass is 197 g/mol. The van der Waals surface area contributed by atoms with Crippen LogP contribution in [0.5, 0.6) is 0 Å². The van der Waals surface area contributed by atoms with Crippen LogP contribution in [0.2, 0.25) is 0 Å². The smallest absolute Gasteiger partial charge is 0.141 e. The fourth-order valence-corrected chi connectivity index (χ4v) is 1.40. The zero-order valence-electron chi connectivity index (χ0n) is 8.41. The quantitative estimate of drug-likeness (QED) is 0.785. The second-order valence-corrected chi connectivity index (χ2v) is 3.49. The summed E-state index contributed by atoms with van der Waals surface area (Å²) in [6.07, 6.45) is 5.70. The summed E-state index contributed by atoms with van der Waals surface area (Å²) in [4.78, 5) is 3.75. The predicted octanol–water partition coefficient (Wildman–Crippen LogP) is 2.31. The molecule has 0 saturated carbocycles. The number of halogens is 1. The molecule has 0 spiro atoms. The number of aromatic nitrogens is 1. The second-order valence-electron chi connectivity index (χ2n) is 3.49. The van der Waals surface area contributed by atoms with Gasteiger partial charge >= 0.3 is 0 Å². The normalized spacial score (nSPS) is 12.8. The van der Waals surface area contributed by atoms with Crippen molar-refractivity contribution in [3.8, 4) is 0 Å². The summed E-state index contributed by atoms with van der Waals surface area (Å²) >= 11 is 0. The van der Waals surface area contributed by atoms with Crippen LogP contribution in [0.15, 0.2) is 18.5 Å². The molecule has 0 aliphatic carbocycles. The lowest BCUT2D eigenvalue weighted by Gasteiger charge is -2.08. The lowest BCUT2D eigenvalue weighted by molar-refractivity contribution is 0.154. The molecule has 14 heavy (non-hydrogen) atoms. The summed E-state index contributed by atoms with van der Waals surface area (Å²) in [7, 11) is 0. The van der Waals surface area contributed by atoms with E-state index in [1.165, 1.54) is 12.3 Å². The van der Waals surface area contributed by atoms with E-state index in [0.29, 0.717) is 12.8 Å². The van der Waals surface area contributed by atoms with Crippen molar-refractivity contribution in [1.29, 1.82) is 0 Å². The lowest BCUT2D eigenvalue weighted by Crippen LogP contribution is -2.07. The number of aliphatic hydroxyl groups excluding tert-OH is 1. The standard InChI is InChI=1S/C11H16FNO/c1-2-3-11(14)5-4-9-6-10(12)8-13-7-9/h6-8,11,14H,2-5H2,1H3. The van der Waals surface area contributed by atoms with Crippen molar-refractivity contribution in [1.82, 2.24) is 4.98 Å². The third-order valence-corrected chi connectivity index (χ3v) is 2.15. The van der Waals surface area contributed by atoms with E-state index >= 15 is 0 Å². The van der Waals surface area contributed by atoms with Gasteiger partial charge in [0.1, 0.15) is 5.82 Å². The van der Waals surface area contributed by atoms with E-state index < -0.39 is 0 Å². The lowest BCUT2D eigenvalue weighted by atomic mass is 10.1. The maximum absolute atomic E-state index is 12.7. The van der Waals surface area contributed by atoms with Gasteiger partial charge in [-0.25, -0.2) is 4.39 Å². The van der Waals surface area contributed by atoms with Crippen molar-refractivity contribution in [3.05, 3.63) is 29.8 Å². The van der Waals surface area contributed by atoms with Gasteiger partial charge in [0.25, 0.3) is 0 Å². The van der Waals surface area contributed by atoms with Crippen molar-refractivity contribution >= 4 is 0 Å². The van der Waals surface area contributed by atoms with Crippen molar-refractivity contribution in [2.45, 2.75) is 38.7 Å². The number of aryl methyl sites for hydroxylation is 1. The van der Waals surface area contributed by atoms with E-state index in [1.54, 1.807) is 6.20 Å². The van der Waals surface area contributed by atoms with Crippen LogP contribution in [-0.4, -0.2) is 16.2 Å². The minimum Gasteiger partial charge on any atom is -0.393 e. The average Bonchev–Trinajstić information content (AvgIpc) is 2.15. The van der Waals surface area contributed by atoms with Gasteiger partial charge < -0.3 is 5.11 Å². The molecule has 0 amide bonds.